The molecule has 0 fully saturated rings. The summed E-state index contributed by atoms with van der Waals surface area (Å²) in [6, 6.07) is 8.81. The SMILES string of the molecule is COc1cccc(Nc2cc(C#N)nc(NN)n2)c1OC. The van der Waals surface area contributed by atoms with Crippen molar-refractivity contribution in [3.63, 3.8) is 0 Å². The minimum Gasteiger partial charge on any atom is -0.493 e. The molecule has 0 amide bonds. The van der Waals surface area contributed by atoms with E-state index in [1.165, 1.54) is 13.2 Å². The number of hydrazine groups is 1. The van der Waals surface area contributed by atoms with Crippen LogP contribution in [0.5, 0.6) is 11.5 Å². The lowest BCUT2D eigenvalue weighted by Gasteiger charge is -2.14. The number of nitrogens with one attached hydrogen (secondary N) is 2. The van der Waals surface area contributed by atoms with E-state index in [0.717, 1.165) is 0 Å². The average molecular weight is 286 g/mol. The molecule has 0 spiro atoms. The van der Waals surface area contributed by atoms with Crippen LogP contribution in [0.15, 0.2) is 24.3 Å². The number of hydrogen-bond acceptors (Lipinski definition) is 8. The number of para-hydroxylation sites is 1. The van der Waals surface area contributed by atoms with E-state index in [9.17, 15) is 0 Å². The minimum absolute atomic E-state index is 0.137. The van der Waals surface area contributed by atoms with Crippen molar-refractivity contribution >= 4 is 17.5 Å². The lowest BCUT2D eigenvalue weighted by atomic mass is 10.2. The Bertz CT molecular complexity index is 683. The Morgan fingerprint density at radius 3 is 2.67 bits per heavy atom. The smallest absolute Gasteiger partial charge is 0.240 e. The van der Waals surface area contributed by atoms with E-state index in [-0.39, 0.29) is 11.6 Å². The molecule has 0 aliphatic carbocycles. The zero-order valence-corrected chi connectivity index (χ0v) is 11.5. The van der Waals surface area contributed by atoms with Crippen molar-refractivity contribution in [2.45, 2.75) is 0 Å². The molecule has 2 rings (SSSR count). The Labute approximate surface area is 121 Å². The topological polar surface area (TPSA) is 118 Å². The van der Waals surface area contributed by atoms with E-state index in [1.54, 1.807) is 25.3 Å². The fraction of sp³-hybridized carbons (Fsp3) is 0.154. The summed E-state index contributed by atoms with van der Waals surface area (Å²) >= 11 is 0. The van der Waals surface area contributed by atoms with Crippen LogP contribution < -0.4 is 26.1 Å². The van der Waals surface area contributed by atoms with Gasteiger partial charge in [-0.25, -0.2) is 10.8 Å². The van der Waals surface area contributed by atoms with Crippen molar-refractivity contribution < 1.29 is 9.47 Å². The molecule has 2 aromatic rings. The molecular weight excluding hydrogens is 272 g/mol. The summed E-state index contributed by atoms with van der Waals surface area (Å²) in [7, 11) is 3.09. The highest BCUT2D eigenvalue weighted by molar-refractivity contribution is 5.69. The van der Waals surface area contributed by atoms with Gasteiger partial charge in [-0.3, -0.25) is 5.43 Å². The van der Waals surface area contributed by atoms with Gasteiger partial charge in [-0.15, -0.1) is 0 Å². The van der Waals surface area contributed by atoms with Crippen molar-refractivity contribution in [2.75, 3.05) is 25.0 Å². The second-order valence-corrected chi connectivity index (χ2v) is 3.88. The molecule has 8 heteroatoms. The molecule has 1 aromatic carbocycles. The molecule has 4 N–H and O–H groups in total. The number of nitrogens with two attached hydrogens (primary N) is 1. The molecule has 108 valence electrons. The van der Waals surface area contributed by atoms with Crippen LogP contribution in [0.25, 0.3) is 0 Å². The summed E-state index contributed by atoms with van der Waals surface area (Å²) < 4.78 is 10.5. The average Bonchev–Trinajstić information content (AvgIpc) is 2.54. The van der Waals surface area contributed by atoms with Crippen molar-refractivity contribution in [3.05, 3.63) is 30.0 Å². The highest BCUT2D eigenvalue weighted by Crippen LogP contribution is 2.36. The summed E-state index contributed by atoms with van der Waals surface area (Å²) in [5, 5.41) is 12.0. The van der Waals surface area contributed by atoms with Crippen LogP contribution in [0.2, 0.25) is 0 Å². The third-order valence-electron chi connectivity index (χ3n) is 2.64. The molecule has 0 aliphatic rings. The normalized spacial score (nSPS) is 9.62. The van der Waals surface area contributed by atoms with E-state index >= 15 is 0 Å². The molecule has 1 aromatic heterocycles. The Morgan fingerprint density at radius 2 is 2.05 bits per heavy atom. The third kappa shape index (κ3) is 3.10. The van der Waals surface area contributed by atoms with Gasteiger partial charge in [0.25, 0.3) is 0 Å². The minimum atomic E-state index is 0.137. The van der Waals surface area contributed by atoms with Crippen LogP contribution in [-0.4, -0.2) is 24.2 Å². The number of ether oxygens (including phenoxy) is 2. The van der Waals surface area contributed by atoms with Gasteiger partial charge in [0.1, 0.15) is 17.6 Å². The van der Waals surface area contributed by atoms with Gasteiger partial charge in [0.2, 0.25) is 5.95 Å². The monoisotopic (exact) mass is 286 g/mol. The van der Waals surface area contributed by atoms with Crippen molar-refractivity contribution in [1.82, 2.24) is 9.97 Å². The number of nitriles is 1. The third-order valence-corrected chi connectivity index (χ3v) is 2.64. The maximum atomic E-state index is 8.95. The summed E-state index contributed by atoms with van der Waals surface area (Å²) in [5.41, 5.74) is 3.13. The lowest BCUT2D eigenvalue weighted by Crippen LogP contribution is -2.12. The standard InChI is InChI=1S/C13H14N6O2/c1-20-10-5-3-4-9(12(10)21-2)17-11-6-8(7-14)16-13(18-11)19-15/h3-6H,15H2,1-2H3,(H2,16,17,18,19). The predicted octanol–water partition coefficient (Wildman–Crippen LogP) is 1.39. The molecule has 0 atom stereocenters. The number of nitrogens with zero attached hydrogens (tertiary/aromatic N) is 3. The van der Waals surface area contributed by atoms with Gasteiger partial charge < -0.3 is 14.8 Å². The van der Waals surface area contributed by atoms with Crippen LogP contribution >= 0.6 is 0 Å². The Balaban J connectivity index is 2.41. The number of aromatic nitrogens is 2. The zero-order chi connectivity index (χ0) is 15.2. The molecule has 21 heavy (non-hydrogen) atoms. The largest absolute Gasteiger partial charge is 0.493 e. The van der Waals surface area contributed by atoms with E-state index in [4.69, 9.17) is 20.6 Å². The summed E-state index contributed by atoms with van der Waals surface area (Å²) in [5.74, 6) is 6.93. The quantitative estimate of drug-likeness (QED) is 0.557. The molecule has 0 saturated heterocycles. The first-order chi connectivity index (χ1) is 10.2. The maximum absolute atomic E-state index is 8.95. The van der Waals surface area contributed by atoms with E-state index in [0.29, 0.717) is 23.0 Å². The highest BCUT2D eigenvalue weighted by Gasteiger charge is 2.11. The summed E-state index contributed by atoms with van der Waals surface area (Å²) in [6.45, 7) is 0. The van der Waals surface area contributed by atoms with Crippen molar-refractivity contribution in [1.29, 1.82) is 5.26 Å². The summed E-state index contributed by atoms with van der Waals surface area (Å²) in [4.78, 5) is 8.00. The van der Waals surface area contributed by atoms with Crippen molar-refractivity contribution in [2.24, 2.45) is 5.84 Å². The van der Waals surface area contributed by atoms with Crippen molar-refractivity contribution in [3.8, 4) is 17.6 Å². The number of rotatable bonds is 5. The van der Waals surface area contributed by atoms with Gasteiger partial charge in [-0.05, 0) is 12.1 Å². The molecular formula is C13H14N6O2. The zero-order valence-electron chi connectivity index (χ0n) is 11.5. The second-order valence-electron chi connectivity index (χ2n) is 3.88. The first-order valence-corrected chi connectivity index (χ1v) is 5.95. The molecule has 0 aliphatic heterocycles. The first kappa shape index (κ1) is 14.4. The molecule has 0 unspecified atom stereocenters. The molecule has 1 heterocycles. The Morgan fingerprint density at radius 1 is 1.24 bits per heavy atom. The van der Waals surface area contributed by atoms with Crippen LogP contribution in [-0.2, 0) is 0 Å². The fourth-order valence-corrected chi connectivity index (χ4v) is 1.76. The van der Waals surface area contributed by atoms with Crippen LogP contribution in [0, 0.1) is 11.3 Å². The number of methoxy groups -OCH3 is 2. The number of nitrogen functional groups attached to an aromatic ring is 1. The van der Waals surface area contributed by atoms with Gasteiger partial charge in [-0.2, -0.15) is 10.2 Å². The predicted molar refractivity (Wildman–Crippen MR) is 77.4 cm³/mol. The second kappa shape index (κ2) is 6.40. The van der Waals surface area contributed by atoms with Crippen LogP contribution in [0.4, 0.5) is 17.5 Å². The first-order valence-electron chi connectivity index (χ1n) is 5.95. The summed E-state index contributed by atoms with van der Waals surface area (Å²) in [6.07, 6.45) is 0. The van der Waals surface area contributed by atoms with E-state index < -0.39 is 0 Å². The van der Waals surface area contributed by atoms with Gasteiger partial charge in [0, 0.05) is 6.07 Å². The Hall–Kier alpha value is -3.05. The van der Waals surface area contributed by atoms with E-state index in [1.807, 2.05) is 6.07 Å². The van der Waals surface area contributed by atoms with Gasteiger partial charge in [-0.1, -0.05) is 6.07 Å². The number of hydrogen-bond donors (Lipinski definition) is 3. The maximum Gasteiger partial charge on any atom is 0.240 e. The number of benzene rings is 1. The van der Waals surface area contributed by atoms with Gasteiger partial charge >= 0.3 is 0 Å². The molecule has 0 saturated carbocycles. The molecule has 8 nitrogen and oxygen atoms in total. The Kier molecular flexibility index (Phi) is 4.38. The number of anilines is 3. The lowest BCUT2D eigenvalue weighted by molar-refractivity contribution is 0.356. The highest BCUT2D eigenvalue weighted by atomic mass is 16.5. The van der Waals surface area contributed by atoms with E-state index in [2.05, 4.69) is 20.7 Å². The van der Waals surface area contributed by atoms with Crippen LogP contribution in [0.1, 0.15) is 5.69 Å². The van der Waals surface area contributed by atoms with Crippen LogP contribution in [0.3, 0.4) is 0 Å². The molecule has 0 radical (unpaired) electrons. The molecule has 0 bridgehead atoms. The van der Waals surface area contributed by atoms with Gasteiger partial charge in [0.05, 0.1) is 19.9 Å². The van der Waals surface area contributed by atoms with Gasteiger partial charge in [0.15, 0.2) is 11.5 Å². The fourth-order valence-electron chi connectivity index (χ4n) is 1.76.